The fourth-order valence-corrected chi connectivity index (χ4v) is 2.29. The topological polar surface area (TPSA) is 3.24 Å². The first-order valence-corrected chi connectivity index (χ1v) is 6.14. The number of nitrogens with zero attached hydrogens (tertiary/aromatic N) is 1. The van der Waals surface area contributed by atoms with Crippen molar-refractivity contribution in [3.63, 3.8) is 0 Å². The molecule has 15 heavy (non-hydrogen) atoms. The third-order valence-electron chi connectivity index (χ3n) is 3.02. The van der Waals surface area contributed by atoms with E-state index in [0.717, 1.165) is 35.6 Å². The lowest BCUT2D eigenvalue weighted by atomic mass is 9.97. The predicted molar refractivity (Wildman–Crippen MR) is 63.2 cm³/mol. The average molecular weight is 272 g/mol. The van der Waals surface area contributed by atoms with E-state index in [1.165, 1.54) is 12.5 Å². The van der Waals surface area contributed by atoms with E-state index >= 15 is 0 Å². The zero-order valence-electron chi connectivity index (χ0n) is 8.84. The molecule has 1 fully saturated rings. The molecule has 3 heteroatoms. The van der Waals surface area contributed by atoms with E-state index in [4.69, 9.17) is 0 Å². The molecule has 0 aliphatic carbocycles. The zero-order chi connectivity index (χ0) is 10.8. The summed E-state index contributed by atoms with van der Waals surface area (Å²) in [6.07, 6.45) is 1.24. The van der Waals surface area contributed by atoms with Crippen LogP contribution >= 0.6 is 15.9 Å². The van der Waals surface area contributed by atoms with E-state index in [0.29, 0.717) is 0 Å². The van der Waals surface area contributed by atoms with Crippen molar-refractivity contribution in [3.05, 3.63) is 34.1 Å². The average Bonchev–Trinajstić information content (AvgIpc) is 2.13. The number of likely N-dealkylation sites (tertiary alicyclic amines) is 1. The highest BCUT2D eigenvalue weighted by Crippen LogP contribution is 2.23. The van der Waals surface area contributed by atoms with Gasteiger partial charge < -0.3 is 0 Å². The number of halogens is 2. The highest BCUT2D eigenvalue weighted by molar-refractivity contribution is 9.10. The summed E-state index contributed by atoms with van der Waals surface area (Å²) in [6, 6.07) is 5.29. The van der Waals surface area contributed by atoms with Crippen LogP contribution in [0.4, 0.5) is 4.39 Å². The highest BCUT2D eigenvalue weighted by atomic mass is 79.9. The molecular weight excluding hydrogens is 257 g/mol. The Kier molecular flexibility index (Phi) is 3.42. The van der Waals surface area contributed by atoms with Crippen LogP contribution in [0.15, 0.2) is 22.7 Å². The standard InChI is InChI=1S/C12H15BrFN/c1-2-9-6-15(7-9)8-10-3-4-11(13)5-12(10)14/h3-5,9H,2,6-8H2,1H3. The quantitative estimate of drug-likeness (QED) is 0.814. The van der Waals surface area contributed by atoms with Crippen LogP contribution in [0.3, 0.4) is 0 Å². The lowest BCUT2D eigenvalue weighted by molar-refractivity contribution is 0.0886. The van der Waals surface area contributed by atoms with Crippen molar-refractivity contribution >= 4 is 15.9 Å². The van der Waals surface area contributed by atoms with Gasteiger partial charge in [-0.3, -0.25) is 4.90 Å². The molecule has 0 unspecified atom stereocenters. The summed E-state index contributed by atoms with van der Waals surface area (Å²) >= 11 is 3.26. The predicted octanol–water partition coefficient (Wildman–Crippen LogP) is 3.43. The number of benzene rings is 1. The van der Waals surface area contributed by atoms with Gasteiger partial charge in [0.2, 0.25) is 0 Å². The Morgan fingerprint density at radius 3 is 2.80 bits per heavy atom. The maximum atomic E-state index is 13.5. The lowest BCUT2D eigenvalue weighted by Gasteiger charge is -2.38. The van der Waals surface area contributed by atoms with Crippen LogP contribution in [0.25, 0.3) is 0 Å². The van der Waals surface area contributed by atoms with Crippen LogP contribution in [-0.2, 0) is 6.54 Å². The van der Waals surface area contributed by atoms with Crippen molar-refractivity contribution in [1.82, 2.24) is 4.90 Å². The minimum atomic E-state index is -0.107. The van der Waals surface area contributed by atoms with Gasteiger partial charge in [-0.05, 0) is 18.1 Å². The zero-order valence-corrected chi connectivity index (χ0v) is 10.4. The molecular formula is C12H15BrFN. The maximum absolute atomic E-state index is 13.5. The Balaban J connectivity index is 1.94. The molecule has 0 amide bonds. The summed E-state index contributed by atoms with van der Waals surface area (Å²) in [5.41, 5.74) is 0.799. The molecule has 0 N–H and O–H groups in total. The number of hydrogen-bond acceptors (Lipinski definition) is 1. The minimum Gasteiger partial charge on any atom is -0.298 e. The highest BCUT2D eigenvalue weighted by Gasteiger charge is 2.25. The van der Waals surface area contributed by atoms with Crippen molar-refractivity contribution in [2.75, 3.05) is 13.1 Å². The molecule has 1 aromatic carbocycles. The molecule has 1 nitrogen and oxygen atoms in total. The Hall–Kier alpha value is -0.410. The summed E-state index contributed by atoms with van der Waals surface area (Å²) in [5, 5.41) is 0. The summed E-state index contributed by atoms with van der Waals surface area (Å²) < 4.78 is 14.3. The summed E-state index contributed by atoms with van der Waals surface area (Å²) in [5.74, 6) is 0.716. The fourth-order valence-electron chi connectivity index (χ4n) is 1.95. The first kappa shape index (κ1) is 11.1. The monoisotopic (exact) mass is 271 g/mol. The lowest BCUT2D eigenvalue weighted by Crippen LogP contribution is -2.45. The Bertz CT molecular complexity index is 347. The van der Waals surface area contributed by atoms with Crippen molar-refractivity contribution in [3.8, 4) is 0 Å². The van der Waals surface area contributed by atoms with Gasteiger partial charge in [-0.25, -0.2) is 4.39 Å². The van der Waals surface area contributed by atoms with Gasteiger partial charge in [0, 0.05) is 29.7 Å². The molecule has 82 valence electrons. The minimum absolute atomic E-state index is 0.107. The molecule has 0 radical (unpaired) electrons. The first-order valence-electron chi connectivity index (χ1n) is 5.35. The van der Waals surface area contributed by atoms with E-state index in [2.05, 4.69) is 27.8 Å². The third-order valence-corrected chi connectivity index (χ3v) is 3.51. The van der Waals surface area contributed by atoms with Crippen LogP contribution in [-0.4, -0.2) is 18.0 Å². The van der Waals surface area contributed by atoms with E-state index < -0.39 is 0 Å². The van der Waals surface area contributed by atoms with Crippen molar-refractivity contribution in [2.45, 2.75) is 19.9 Å². The molecule has 0 atom stereocenters. The second-order valence-corrected chi connectivity index (χ2v) is 5.12. The van der Waals surface area contributed by atoms with Gasteiger partial charge in [0.15, 0.2) is 0 Å². The molecule has 0 spiro atoms. The van der Waals surface area contributed by atoms with Crippen molar-refractivity contribution < 1.29 is 4.39 Å². The summed E-state index contributed by atoms with van der Waals surface area (Å²) in [6.45, 7) is 5.19. The second-order valence-electron chi connectivity index (χ2n) is 4.20. The molecule has 2 rings (SSSR count). The molecule has 1 heterocycles. The Morgan fingerprint density at radius 1 is 1.47 bits per heavy atom. The van der Waals surface area contributed by atoms with Gasteiger partial charge >= 0.3 is 0 Å². The van der Waals surface area contributed by atoms with Crippen LogP contribution < -0.4 is 0 Å². The molecule has 0 bridgehead atoms. The third kappa shape index (κ3) is 2.58. The maximum Gasteiger partial charge on any atom is 0.128 e. The van der Waals surface area contributed by atoms with Crippen LogP contribution in [0, 0.1) is 11.7 Å². The van der Waals surface area contributed by atoms with Gasteiger partial charge in [0.1, 0.15) is 5.82 Å². The van der Waals surface area contributed by atoms with E-state index in [9.17, 15) is 4.39 Å². The number of rotatable bonds is 3. The SMILES string of the molecule is CCC1CN(Cc2ccc(Br)cc2F)C1. The first-order chi connectivity index (χ1) is 7.19. The van der Waals surface area contributed by atoms with Gasteiger partial charge in [0.05, 0.1) is 0 Å². The van der Waals surface area contributed by atoms with Gasteiger partial charge in [0.25, 0.3) is 0 Å². The van der Waals surface area contributed by atoms with E-state index in [1.807, 2.05) is 12.1 Å². The molecule has 0 saturated carbocycles. The van der Waals surface area contributed by atoms with Crippen molar-refractivity contribution in [1.29, 1.82) is 0 Å². The van der Waals surface area contributed by atoms with Gasteiger partial charge in [-0.1, -0.05) is 35.3 Å². The van der Waals surface area contributed by atoms with Crippen LogP contribution in [0.1, 0.15) is 18.9 Å². The molecule has 1 aliphatic rings. The van der Waals surface area contributed by atoms with Crippen molar-refractivity contribution in [2.24, 2.45) is 5.92 Å². The summed E-state index contributed by atoms with van der Waals surface area (Å²) in [7, 11) is 0. The van der Waals surface area contributed by atoms with Crippen LogP contribution in [0.2, 0.25) is 0 Å². The van der Waals surface area contributed by atoms with E-state index in [-0.39, 0.29) is 5.82 Å². The molecule has 1 aliphatic heterocycles. The molecule has 1 saturated heterocycles. The molecule has 0 aromatic heterocycles. The van der Waals surface area contributed by atoms with E-state index in [1.54, 1.807) is 0 Å². The normalized spacial score (nSPS) is 17.8. The molecule has 1 aromatic rings. The number of hydrogen-bond donors (Lipinski definition) is 0. The van der Waals surface area contributed by atoms with Gasteiger partial charge in [-0.2, -0.15) is 0 Å². The Labute approximate surface area is 98.4 Å². The van der Waals surface area contributed by atoms with Gasteiger partial charge in [-0.15, -0.1) is 0 Å². The summed E-state index contributed by atoms with van der Waals surface area (Å²) in [4.78, 5) is 2.29. The fraction of sp³-hybridized carbons (Fsp3) is 0.500. The largest absolute Gasteiger partial charge is 0.298 e. The second kappa shape index (κ2) is 4.62. The Morgan fingerprint density at radius 2 is 2.20 bits per heavy atom. The van der Waals surface area contributed by atoms with Crippen LogP contribution in [0.5, 0.6) is 0 Å². The smallest absolute Gasteiger partial charge is 0.128 e.